The first kappa shape index (κ1) is 17.0. The minimum atomic E-state index is -0.488. The Hall–Kier alpha value is -2.04. The largest absolute Gasteiger partial charge is 0.384 e. The van der Waals surface area contributed by atoms with Gasteiger partial charge >= 0.3 is 0 Å². The summed E-state index contributed by atoms with van der Waals surface area (Å²) < 4.78 is 0. The number of nitrogens with two attached hydrogens (primary N) is 1. The average Bonchev–Trinajstić information content (AvgIpc) is 2.48. The van der Waals surface area contributed by atoms with Crippen molar-refractivity contribution >= 4 is 17.5 Å². The second-order valence-electron chi connectivity index (χ2n) is 5.02. The van der Waals surface area contributed by atoms with Gasteiger partial charge in [-0.1, -0.05) is 32.4 Å². The molecule has 5 nitrogen and oxygen atoms in total. The monoisotopic (exact) mass is 291 g/mol. The lowest BCUT2D eigenvalue weighted by Crippen LogP contribution is -2.39. The molecule has 0 atom stereocenters. The van der Waals surface area contributed by atoms with Crippen molar-refractivity contribution in [2.24, 2.45) is 5.73 Å². The maximum absolute atomic E-state index is 12.6. The Kier molecular flexibility index (Phi) is 7.29. The molecule has 0 bridgehead atoms. The number of unbranched alkanes of at least 4 members (excludes halogenated alkanes) is 1. The summed E-state index contributed by atoms with van der Waals surface area (Å²) in [6.45, 7) is 5.41. The normalized spacial score (nSPS) is 10.2. The van der Waals surface area contributed by atoms with Crippen LogP contribution in [0.1, 0.15) is 43.5 Å². The van der Waals surface area contributed by atoms with Crippen molar-refractivity contribution in [3.05, 3.63) is 29.8 Å². The van der Waals surface area contributed by atoms with Crippen molar-refractivity contribution in [2.75, 3.05) is 25.0 Å². The van der Waals surface area contributed by atoms with Gasteiger partial charge in [0.1, 0.15) is 0 Å². The van der Waals surface area contributed by atoms with Gasteiger partial charge in [-0.25, -0.2) is 0 Å². The maximum atomic E-state index is 12.6. The number of anilines is 1. The van der Waals surface area contributed by atoms with E-state index in [-0.39, 0.29) is 12.5 Å². The molecule has 0 aliphatic heterocycles. The smallest absolute Gasteiger partial charge is 0.256 e. The van der Waals surface area contributed by atoms with Crippen molar-refractivity contribution in [3.63, 3.8) is 0 Å². The van der Waals surface area contributed by atoms with Crippen molar-refractivity contribution < 1.29 is 9.59 Å². The summed E-state index contributed by atoms with van der Waals surface area (Å²) in [6, 6.07) is 7.37. The summed E-state index contributed by atoms with van der Waals surface area (Å²) in [6.07, 6.45) is 2.78. The molecule has 2 amide bonds. The lowest BCUT2D eigenvalue weighted by atomic mass is 10.1. The molecular weight excluding hydrogens is 266 g/mol. The number of primary amides is 1. The van der Waals surface area contributed by atoms with Crippen LogP contribution in [0.2, 0.25) is 0 Å². The van der Waals surface area contributed by atoms with Crippen LogP contribution in [0.15, 0.2) is 24.3 Å². The molecule has 1 aromatic rings. The first-order valence-electron chi connectivity index (χ1n) is 7.50. The molecule has 0 aliphatic carbocycles. The number of nitrogens with zero attached hydrogens (tertiary/aromatic N) is 1. The molecule has 1 rings (SSSR count). The van der Waals surface area contributed by atoms with E-state index >= 15 is 0 Å². The third-order valence-corrected chi connectivity index (χ3v) is 3.14. The summed E-state index contributed by atoms with van der Waals surface area (Å²) in [4.78, 5) is 25.4. The number of nitrogens with one attached hydrogen (secondary N) is 1. The fraction of sp³-hybridized carbons (Fsp3) is 0.500. The van der Waals surface area contributed by atoms with Crippen LogP contribution in [0.3, 0.4) is 0 Å². The van der Waals surface area contributed by atoms with Gasteiger partial charge in [0.25, 0.3) is 5.91 Å². The van der Waals surface area contributed by atoms with E-state index in [2.05, 4.69) is 12.2 Å². The van der Waals surface area contributed by atoms with E-state index in [0.29, 0.717) is 12.1 Å². The van der Waals surface area contributed by atoms with Crippen LogP contribution in [0.25, 0.3) is 0 Å². The molecule has 0 saturated carbocycles. The Morgan fingerprint density at radius 2 is 1.90 bits per heavy atom. The lowest BCUT2D eigenvalue weighted by molar-refractivity contribution is -0.118. The summed E-state index contributed by atoms with van der Waals surface area (Å²) in [7, 11) is 0. The van der Waals surface area contributed by atoms with E-state index < -0.39 is 5.91 Å². The summed E-state index contributed by atoms with van der Waals surface area (Å²) in [5, 5.41) is 3.24. The van der Waals surface area contributed by atoms with Gasteiger partial charge in [0.05, 0.1) is 12.1 Å². The number of carbonyl (C=O) groups excluding carboxylic acids is 2. The molecule has 0 spiro atoms. The first-order valence-corrected chi connectivity index (χ1v) is 7.50. The van der Waals surface area contributed by atoms with E-state index in [4.69, 9.17) is 5.73 Å². The molecule has 0 heterocycles. The molecule has 0 fully saturated rings. The van der Waals surface area contributed by atoms with E-state index in [0.717, 1.165) is 31.5 Å². The van der Waals surface area contributed by atoms with E-state index in [1.165, 1.54) is 4.90 Å². The number of rotatable bonds is 9. The predicted molar refractivity (Wildman–Crippen MR) is 85.2 cm³/mol. The van der Waals surface area contributed by atoms with Crippen LogP contribution in [0.5, 0.6) is 0 Å². The molecular formula is C16H25N3O2. The van der Waals surface area contributed by atoms with Crippen LogP contribution in [-0.4, -0.2) is 36.3 Å². The number of carbonyl (C=O) groups is 2. The number of para-hydroxylation sites is 1. The third-order valence-electron chi connectivity index (χ3n) is 3.14. The Morgan fingerprint density at radius 3 is 2.52 bits per heavy atom. The SMILES string of the molecule is CCCCN(CC(N)=O)C(=O)c1ccccc1NCCC. The highest BCUT2D eigenvalue weighted by atomic mass is 16.2. The zero-order valence-electron chi connectivity index (χ0n) is 12.9. The molecule has 116 valence electrons. The number of amides is 2. The highest BCUT2D eigenvalue weighted by molar-refractivity contribution is 6.01. The summed E-state index contributed by atoms with van der Waals surface area (Å²) in [5.74, 6) is -0.639. The van der Waals surface area contributed by atoms with Gasteiger partial charge in [0.2, 0.25) is 5.91 Å². The quantitative estimate of drug-likeness (QED) is 0.732. The topological polar surface area (TPSA) is 75.4 Å². The summed E-state index contributed by atoms with van der Waals surface area (Å²) >= 11 is 0. The fourth-order valence-corrected chi connectivity index (χ4v) is 2.04. The Morgan fingerprint density at radius 1 is 1.19 bits per heavy atom. The molecule has 0 saturated heterocycles. The highest BCUT2D eigenvalue weighted by Crippen LogP contribution is 2.17. The van der Waals surface area contributed by atoms with Crippen LogP contribution in [0.4, 0.5) is 5.69 Å². The van der Waals surface area contributed by atoms with E-state index in [9.17, 15) is 9.59 Å². The van der Waals surface area contributed by atoms with E-state index in [1.807, 2.05) is 25.1 Å². The van der Waals surface area contributed by atoms with Crippen molar-refractivity contribution in [1.82, 2.24) is 4.90 Å². The van der Waals surface area contributed by atoms with Crippen LogP contribution in [0, 0.1) is 0 Å². The maximum Gasteiger partial charge on any atom is 0.256 e. The Bertz CT molecular complexity index is 474. The van der Waals surface area contributed by atoms with E-state index in [1.54, 1.807) is 6.07 Å². The summed E-state index contributed by atoms with van der Waals surface area (Å²) in [5.41, 5.74) is 6.64. The van der Waals surface area contributed by atoms with Crippen LogP contribution in [-0.2, 0) is 4.79 Å². The Labute approximate surface area is 126 Å². The highest BCUT2D eigenvalue weighted by Gasteiger charge is 2.19. The van der Waals surface area contributed by atoms with Gasteiger partial charge < -0.3 is 16.0 Å². The molecule has 0 unspecified atom stereocenters. The lowest BCUT2D eigenvalue weighted by Gasteiger charge is -2.22. The number of hydrogen-bond acceptors (Lipinski definition) is 3. The molecule has 0 radical (unpaired) electrons. The van der Waals surface area contributed by atoms with Crippen molar-refractivity contribution in [1.29, 1.82) is 0 Å². The molecule has 0 aromatic heterocycles. The van der Waals surface area contributed by atoms with Gasteiger partial charge in [0, 0.05) is 18.8 Å². The zero-order valence-corrected chi connectivity index (χ0v) is 12.9. The molecule has 5 heteroatoms. The number of benzene rings is 1. The van der Waals surface area contributed by atoms with Gasteiger partial charge in [-0.3, -0.25) is 9.59 Å². The first-order chi connectivity index (χ1) is 10.1. The van der Waals surface area contributed by atoms with Crippen LogP contribution >= 0.6 is 0 Å². The molecule has 21 heavy (non-hydrogen) atoms. The van der Waals surface area contributed by atoms with Crippen molar-refractivity contribution in [3.8, 4) is 0 Å². The zero-order chi connectivity index (χ0) is 15.7. The van der Waals surface area contributed by atoms with Crippen LogP contribution < -0.4 is 11.1 Å². The molecule has 1 aromatic carbocycles. The minimum Gasteiger partial charge on any atom is -0.384 e. The van der Waals surface area contributed by atoms with Gasteiger partial charge in [-0.05, 0) is 25.0 Å². The second-order valence-corrected chi connectivity index (χ2v) is 5.02. The fourth-order valence-electron chi connectivity index (χ4n) is 2.04. The Balaban J connectivity index is 2.93. The molecule has 0 aliphatic rings. The van der Waals surface area contributed by atoms with Gasteiger partial charge in [-0.15, -0.1) is 0 Å². The molecule has 3 N–H and O–H groups in total. The standard InChI is InChI=1S/C16H25N3O2/c1-3-5-11-19(12-15(17)20)16(21)13-8-6-7-9-14(13)18-10-4-2/h6-9,18H,3-5,10-12H2,1-2H3,(H2,17,20). The minimum absolute atomic E-state index is 0.0407. The van der Waals surface area contributed by atoms with Gasteiger partial charge in [-0.2, -0.15) is 0 Å². The second kappa shape index (κ2) is 9.00. The average molecular weight is 291 g/mol. The number of hydrogen-bond donors (Lipinski definition) is 2. The van der Waals surface area contributed by atoms with Crippen molar-refractivity contribution in [2.45, 2.75) is 33.1 Å². The third kappa shape index (κ3) is 5.45. The van der Waals surface area contributed by atoms with Gasteiger partial charge in [0.15, 0.2) is 0 Å². The predicted octanol–water partition coefficient (Wildman–Crippen LogP) is 2.24.